The van der Waals surface area contributed by atoms with E-state index in [0.29, 0.717) is 15.1 Å². The minimum absolute atomic E-state index is 0.0492. The molecule has 0 aliphatic heterocycles. The molecule has 0 fully saturated rings. The van der Waals surface area contributed by atoms with E-state index in [1.165, 1.54) is 12.1 Å². The molecule has 0 bridgehead atoms. The van der Waals surface area contributed by atoms with E-state index in [1.54, 1.807) is 18.2 Å². The molecule has 0 spiro atoms. The number of nitrogens with one attached hydrogen (secondary N) is 1. The summed E-state index contributed by atoms with van der Waals surface area (Å²) in [4.78, 5) is 12.0. The normalized spacial score (nSPS) is 10.7. The zero-order valence-corrected chi connectivity index (χ0v) is 15.5. The van der Waals surface area contributed by atoms with E-state index >= 15 is 0 Å². The molecule has 0 radical (unpaired) electrons. The van der Waals surface area contributed by atoms with E-state index in [2.05, 4.69) is 33.1 Å². The van der Waals surface area contributed by atoms with Crippen LogP contribution in [0.4, 0.5) is 13.2 Å². The highest BCUT2D eigenvalue weighted by Crippen LogP contribution is 2.31. The molecule has 0 saturated heterocycles. The van der Waals surface area contributed by atoms with E-state index in [0.717, 1.165) is 12.1 Å². The summed E-state index contributed by atoms with van der Waals surface area (Å²) in [5.41, 5.74) is -0.482. The van der Waals surface area contributed by atoms with Crippen LogP contribution in [0.5, 0.6) is 5.75 Å². The molecular formula is C18H12BrClF3NO2. The van der Waals surface area contributed by atoms with Crippen LogP contribution in [-0.4, -0.2) is 19.1 Å². The van der Waals surface area contributed by atoms with Crippen LogP contribution in [0.1, 0.15) is 15.9 Å². The lowest BCUT2D eigenvalue weighted by Crippen LogP contribution is -2.24. The van der Waals surface area contributed by atoms with Gasteiger partial charge in [-0.15, -0.1) is 0 Å². The molecule has 1 N–H and O–H groups in total. The Morgan fingerprint density at radius 3 is 2.69 bits per heavy atom. The Bertz CT molecular complexity index is 859. The van der Waals surface area contributed by atoms with Crippen molar-refractivity contribution in [2.75, 3.05) is 13.2 Å². The van der Waals surface area contributed by atoms with E-state index in [9.17, 15) is 18.0 Å². The molecule has 2 aromatic carbocycles. The van der Waals surface area contributed by atoms with Crippen LogP contribution in [0.2, 0.25) is 5.02 Å². The minimum Gasteiger partial charge on any atom is -0.481 e. The Morgan fingerprint density at radius 1 is 1.19 bits per heavy atom. The molecule has 0 unspecified atom stereocenters. The zero-order chi connectivity index (χ0) is 19.2. The van der Waals surface area contributed by atoms with Gasteiger partial charge in [-0.2, -0.15) is 13.2 Å². The van der Waals surface area contributed by atoms with Gasteiger partial charge in [0, 0.05) is 4.47 Å². The van der Waals surface area contributed by atoms with Crippen molar-refractivity contribution in [1.29, 1.82) is 0 Å². The van der Waals surface area contributed by atoms with E-state index in [1.807, 2.05) is 0 Å². The predicted molar refractivity (Wildman–Crippen MR) is 96.2 cm³/mol. The molecule has 136 valence electrons. The van der Waals surface area contributed by atoms with E-state index in [-0.39, 0.29) is 24.8 Å². The molecular weight excluding hydrogens is 435 g/mol. The number of rotatable bonds is 4. The predicted octanol–water partition coefficient (Wildman–Crippen LogP) is 4.93. The molecule has 0 aliphatic rings. The van der Waals surface area contributed by atoms with Crippen molar-refractivity contribution in [2.45, 2.75) is 6.18 Å². The second-order valence-corrected chi connectivity index (χ2v) is 6.30. The summed E-state index contributed by atoms with van der Waals surface area (Å²) in [6.45, 7) is -0.0531. The number of amides is 1. The largest absolute Gasteiger partial charge is 0.481 e. The summed E-state index contributed by atoms with van der Waals surface area (Å²) in [5, 5.41) is 2.88. The van der Waals surface area contributed by atoms with Crippen molar-refractivity contribution >= 4 is 33.4 Å². The first kappa shape index (κ1) is 20.1. The topological polar surface area (TPSA) is 38.3 Å². The van der Waals surface area contributed by atoms with Crippen molar-refractivity contribution in [3.05, 3.63) is 63.1 Å². The molecule has 0 heterocycles. The third-order valence-electron chi connectivity index (χ3n) is 3.11. The van der Waals surface area contributed by atoms with Gasteiger partial charge in [-0.3, -0.25) is 4.79 Å². The number of alkyl halides is 3. The highest BCUT2D eigenvalue weighted by molar-refractivity contribution is 9.10. The number of hydrogen-bond acceptors (Lipinski definition) is 2. The van der Waals surface area contributed by atoms with Crippen molar-refractivity contribution in [3.8, 4) is 17.6 Å². The molecule has 2 rings (SSSR count). The third-order valence-corrected chi connectivity index (χ3v) is 3.93. The van der Waals surface area contributed by atoms with Crippen molar-refractivity contribution < 1.29 is 22.7 Å². The van der Waals surface area contributed by atoms with Gasteiger partial charge in [-0.05, 0) is 36.4 Å². The van der Waals surface area contributed by atoms with Gasteiger partial charge < -0.3 is 10.1 Å². The van der Waals surface area contributed by atoms with Gasteiger partial charge in [0.1, 0.15) is 12.4 Å². The van der Waals surface area contributed by atoms with Crippen LogP contribution in [-0.2, 0) is 6.18 Å². The van der Waals surface area contributed by atoms with Crippen LogP contribution in [0.25, 0.3) is 0 Å². The third kappa shape index (κ3) is 5.97. The van der Waals surface area contributed by atoms with Gasteiger partial charge in [0.15, 0.2) is 0 Å². The number of ether oxygens (including phenoxy) is 1. The second kappa shape index (κ2) is 8.97. The van der Waals surface area contributed by atoms with Crippen molar-refractivity contribution in [2.24, 2.45) is 0 Å². The van der Waals surface area contributed by atoms with Crippen LogP contribution in [0, 0.1) is 11.8 Å². The Balaban J connectivity index is 1.83. The molecule has 0 aliphatic carbocycles. The van der Waals surface area contributed by atoms with E-state index in [4.69, 9.17) is 16.3 Å². The second-order valence-electron chi connectivity index (χ2n) is 4.97. The number of hydrogen-bond donors (Lipinski definition) is 1. The average molecular weight is 447 g/mol. The summed E-state index contributed by atoms with van der Waals surface area (Å²) in [6.07, 6.45) is -4.43. The van der Waals surface area contributed by atoms with Gasteiger partial charge in [0.2, 0.25) is 0 Å². The zero-order valence-electron chi connectivity index (χ0n) is 13.2. The van der Waals surface area contributed by atoms with Crippen LogP contribution in [0.15, 0.2) is 46.9 Å². The number of carbonyl (C=O) groups excluding carboxylic acids is 1. The quantitative estimate of drug-likeness (QED) is 0.676. The Kier molecular flexibility index (Phi) is 6.95. The highest BCUT2D eigenvalue weighted by atomic mass is 79.9. The molecule has 3 nitrogen and oxygen atoms in total. The molecule has 26 heavy (non-hydrogen) atoms. The lowest BCUT2D eigenvalue weighted by Gasteiger charge is -2.08. The Labute approximate surface area is 161 Å². The van der Waals surface area contributed by atoms with Gasteiger partial charge in [0.25, 0.3) is 5.91 Å². The summed E-state index contributed by atoms with van der Waals surface area (Å²) >= 11 is 9.20. The van der Waals surface area contributed by atoms with Crippen LogP contribution >= 0.6 is 27.5 Å². The average Bonchev–Trinajstić information content (AvgIpc) is 2.59. The van der Waals surface area contributed by atoms with Gasteiger partial charge >= 0.3 is 6.18 Å². The van der Waals surface area contributed by atoms with Gasteiger partial charge in [-0.25, -0.2) is 0 Å². The summed E-state index contributed by atoms with van der Waals surface area (Å²) < 4.78 is 43.6. The standard InChI is InChI=1S/C18H12BrClF3NO2/c19-13-6-7-16(20)15(11-13)17(25)24-8-1-2-9-26-14-5-3-4-12(10-14)18(21,22)23/h3-7,10-11H,8-9H2,(H,24,25). The molecule has 1 amide bonds. The lowest BCUT2D eigenvalue weighted by atomic mass is 10.2. The first-order chi connectivity index (χ1) is 12.3. The first-order valence-electron chi connectivity index (χ1n) is 7.26. The molecule has 2 aromatic rings. The van der Waals surface area contributed by atoms with Crippen molar-refractivity contribution in [1.82, 2.24) is 5.32 Å². The smallest absolute Gasteiger partial charge is 0.416 e. The van der Waals surface area contributed by atoms with Gasteiger partial charge in [-0.1, -0.05) is 45.4 Å². The maximum absolute atomic E-state index is 12.6. The van der Waals surface area contributed by atoms with E-state index < -0.39 is 11.7 Å². The van der Waals surface area contributed by atoms with Crippen LogP contribution < -0.4 is 10.1 Å². The molecule has 8 heteroatoms. The minimum atomic E-state index is -4.43. The number of halogens is 5. The molecule has 0 atom stereocenters. The summed E-state index contributed by atoms with van der Waals surface area (Å²) in [6, 6.07) is 9.42. The SMILES string of the molecule is O=C(NCC#CCOc1cccc(C(F)(F)F)c1)c1cc(Br)ccc1Cl. The molecule has 0 aromatic heterocycles. The summed E-state index contributed by atoms with van der Waals surface area (Å²) in [5.74, 6) is 4.95. The van der Waals surface area contributed by atoms with Crippen molar-refractivity contribution in [3.63, 3.8) is 0 Å². The lowest BCUT2D eigenvalue weighted by molar-refractivity contribution is -0.137. The summed E-state index contributed by atoms with van der Waals surface area (Å²) in [7, 11) is 0. The maximum Gasteiger partial charge on any atom is 0.416 e. The Hall–Kier alpha value is -2.17. The first-order valence-corrected chi connectivity index (χ1v) is 8.43. The fourth-order valence-corrected chi connectivity index (χ4v) is 2.45. The maximum atomic E-state index is 12.6. The number of benzene rings is 2. The highest BCUT2D eigenvalue weighted by Gasteiger charge is 2.30. The number of carbonyl (C=O) groups is 1. The van der Waals surface area contributed by atoms with Gasteiger partial charge in [0.05, 0.1) is 22.7 Å². The monoisotopic (exact) mass is 445 g/mol. The fraction of sp³-hybridized carbons (Fsp3) is 0.167. The molecule has 0 saturated carbocycles. The van der Waals surface area contributed by atoms with Crippen LogP contribution in [0.3, 0.4) is 0 Å². The fourth-order valence-electron chi connectivity index (χ4n) is 1.89. The Morgan fingerprint density at radius 2 is 1.96 bits per heavy atom.